The molecule has 0 heterocycles. The molecule has 7 heteroatoms. The fourth-order valence-corrected chi connectivity index (χ4v) is 2.29. The maximum atomic E-state index is 13.1. The Labute approximate surface area is 137 Å². The van der Waals surface area contributed by atoms with Gasteiger partial charge >= 0.3 is 6.18 Å². The lowest BCUT2D eigenvalue weighted by Gasteiger charge is -2.15. The molecule has 24 heavy (non-hydrogen) atoms. The molecule has 130 valence electrons. The highest BCUT2D eigenvalue weighted by Gasteiger charge is 2.33. The number of halogens is 3. The number of benzene rings is 2. The zero-order valence-corrected chi connectivity index (χ0v) is 13.3. The summed E-state index contributed by atoms with van der Waals surface area (Å²) in [5, 5.41) is 12.6. The predicted octanol–water partition coefficient (Wildman–Crippen LogP) is 3.72. The highest BCUT2D eigenvalue weighted by Crippen LogP contribution is 2.34. The van der Waals surface area contributed by atoms with Crippen molar-refractivity contribution in [1.29, 1.82) is 0 Å². The van der Waals surface area contributed by atoms with Gasteiger partial charge in [-0.3, -0.25) is 0 Å². The third-order valence-corrected chi connectivity index (χ3v) is 3.51. The second-order valence-electron chi connectivity index (χ2n) is 5.13. The number of phenols is 1. The van der Waals surface area contributed by atoms with Crippen LogP contribution in [0.15, 0.2) is 36.4 Å². The number of nitrogens with one attached hydrogen (secondary N) is 1. The van der Waals surface area contributed by atoms with Gasteiger partial charge in [0.2, 0.25) is 0 Å². The summed E-state index contributed by atoms with van der Waals surface area (Å²) in [6.45, 7) is 0.340. The van der Waals surface area contributed by atoms with Crippen LogP contribution in [0.25, 0.3) is 0 Å². The van der Waals surface area contributed by atoms with Gasteiger partial charge in [-0.15, -0.1) is 0 Å². The summed E-state index contributed by atoms with van der Waals surface area (Å²) in [4.78, 5) is 0. The smallest absolute Gasteiger partial charge is 0.416 e. The maximum absolute atomic E-state index is 13.1. The number of aromatic hydroxyl groups is 1. The van der Waals surface area contributed by atoms with Crippen molar-refractivity contribution in [3.63, 3.8) is 0 Å². The van der Waals surface area contributed by atoms with Crippen LogP contribution in [0.2, 0.25) is 0 Å². The van der Waals surface area contributed by atoms with E-state index >= 15 is 0 Å². The third-order valence-electron chi connectivity index (χ3n) is 3.51. The largest absolute Gasteiger partial charge is 0.504 e. The van der Waals surface area contributed by atoms with Crippen LogP contribution >= 0.6 is 0 Å². The predicted molar refractivity (Wildman–Crippen MR) is 83.2 cm³/mol. The quantitative estimate of drug-likeness (QED) is 0.841. The zero-order chi connectivity index (χ0) is 17.7. The molecule has 0 aromatic heterocycles. The second-order valence-corrected chi connectivity index (χ2v) is 5.13. The van der Waals surface area contributed by atoms with Crippen molar-refractivity contribution >= 4 is 0 Å². The van der Waals surface area contributed by atoms with Crippen LogP contribution in [0.5, 0.6) is 17.2 Å². The molecule has 0 aliphatic heterocycles. The number of methoxy groups -OCH3 is 2. The summed E-state index contributed by atoms with van der Waals surface area (Å²) in [6.07, 6.45) is -4.45. The van der Waals surface area contributed by atoms with Crippen molar-refractivity contribution < 1.29 is 27.8 Å². The van der Waals surface area contributed by atoms with E-state index in [1.165, 1.54) is 32.4 Å². The summed E-state index contributed by atoms with van der Waals surface area (Å²) >= 11 is 0. The molecule has 0 saturated carbocycles. The lowest BCUT2D eigenvalue weighted by atomic mass is 10.1. The van der Waals surface area contributed by atoms with E-state index in [0.717, 1.165) is 11.6 Å². The number of phenolic OH excluding ortho intramolecular Hbond substituents is 1. The van der Waals surface area contributed by atoms with Gasteiger partial charge in [0.25, 0.3) is 0 Å². The molecule has 2 rings (SSSR count). The molecule has 2 N–H and O–H groups in total. The van der Waals surface area contributed by atoms with Crippen molar-refractivity contribution in [1.82, 2.24) is 5.32 Å². The number of hydrogen-bond donors (Lipinski definition) is 2. The van der Waals surface area contributed by atoms with Gasteiger partial charge in [0.1, 0.15) is 5.75 Å². The average molecular weight is 341 g/mol. The Morgan fingerprint density at radius 2 is 1.75 bits per heavy atom. The summed E-state index contributed by atoms with van der Waals surface area (Å²) in [5.74, 6) is 0.483. The summed E-state index contributed by atoms with van der Waals surface area (Å²) < 4.78 is 49.2. The van der Waals surface area contributed by atoms with Crippen LogP contribution in [0.1, 0.15) is 16.7 Å². The van der Waals surface area contributed by atoms with E-state index in [-0.39, 0.29) is 23.6 Å². The Kier molecular flexibility index (Phi) is 5.56. The topological polar surface area (TPSA) is 50.7 Å². The molecule has 0 radical (unpaired) electrons. The van der Waals surface area contributed by atoms with E-state index in [0.29, 0.717) is 12.3 Å². The van der Waals surface area contributed by atoms with Gasteiger partial charge in [0, 0.05) is 13.1 Å². The highest BCUT2D eigenvalue weighted by atomic mass is 19.4. The molecule has 0 spiro atoms. The van der Waals surface area contributed by atoms with Gasteiger partial charge in [-0.05, 0) is 35.4 Å². The Hall–Kier alpha value is -2.41. The molecule has 0 unspecified atom stereocenters. The summed E-state index contributed by atoms with van der Waals surface area (Å²) in [5.41, 5.74) is 0.128. The van der Waals surface area contributed by atoms with Crippen molar-refractivity contribution in [2.45, 2.75) is 19.3 Å². The first-order valence-electron chi connectivity index (χ1n) is 7.16. The highest BCUT2D eigenvalue weighted by molar-refractivity contribution is 5.42. The van der Waals surface area contributed by atoms with E-state index in [1.807, 2.05) is 0 Å². The first-order valence-corrected chi connectivity index (χ1v) is 7.16. The Morgan fingerprint density at radius 3 is 2.33 bits per heavy atom. The Morgan fingerprint density at radius 1 is 1.00 bits per heavy atom. The van der Waals surface area contributed by atoms with Crippen molar-refractivity contribution in [2.75, 3.05) is 14.2 Å². The van der Waals surface area contributed by atoms with E-state index in [2.05, 4.69) is 5.32 Å². The van der Waals surface area contributed by atoms with Crippen molar-refractivity contribution in [2.24, 2.45) is 0 Å². The first kappa shape index (κ1) is 17.9. The van der Waals surface area contributed by atoms with E-state index < -0.39 is 11.7 Å². The van der Waals surface area contributed by atoms with Crippen LogP contribution in [0, 0.1) is 0 Å². The first-order chi connectivity index (χ1) is 11.3. The van der Waals surface area contributed by atoms with Gasteiger partial charge in [-0.2, -0.15) is 13.2 Å². The van der Waals surface area contributed by atoms with E-state index in [4.69, 9.17) is 9.47 Å². The SMILES string of the molecule is COc1ccc(CNCc2ccc(OC)c(O)c2)c(C(F)(F)F)c1. The van der Waals surface area contributed by atoms with Crippen LogP contribution in [-0.2, 0) is 19.3 Å². The van der Waals surface area contributed by atoms with Gasteiger partial charge in [-0.1, -0.05) is 12.1 Å². The van der Waals surface area contributed by atoms with Crippen molar-refractivity contribution in [3.05, 3.63) is 53.1 Å². The molecule has 2 aromatic rings. The van der Waals surface area contributed by atoms with Gasteiger partial charge < -0.3 is 19.9 Å². The molecular weight excluding hydrogens is 323 g/mol. The van der Waals surface area contributed by atoms with Crippen LogP contribution in [-0.4, -0.2) is 19.3 Å². The minimum absolute atomic E-state index is 0.0165. The molecule has 0 saturated heterocycles. The lowest BCUT2D eigenvalue weighted by molar-refractivity contribution is -0.138. The van der Waals surface area contributed by atoms with Crippen LogP contribution < -0.4 is 14.8 Å². The normalized spacial score (nSPS) is 11.4. The number of alkyl halides is 3. The van der Waals surface area contributed by atoms with E-state index in [9.17, 15) is 18.3 Å². The molecule has 4 nitrogen and oxygen atoms in total. The minimum Gasteiger partial charge on any atom is -0.504 e. The monoisotopic (exact) mass is 341 g/mol. The molecule has 0 amide bonds. The summed E-state index contributed by atoms with van der Waals surface area (Å²) in [7, 11) is 2.76. The molecular formula is C17H18F3NO3. The number of rotatable bonds is 6. The lowest BCUT2D eigenvalue weighted by Crippen LogP contribution is -2.17. The maximum Gasteiger partial charge on any atom is 0.416 e. The molecule has 0 atom stereocenters. The molecule has 0 aliphatic carbocycles. The van der Waals surface area contributed by atoms with E-state index in [1.54, 1.807) is 12.1 Å². The van der Waals surface area contributed by atoms with Crippen molar-refractivity contribution in [3.8, 4) is 17.2 Å². The fraction of sp³-hybridized carbons (Fsp3) is 0.294. The molecule has 0 bridgehead atoms. The molecule has 0 fully saturated rings. The third kappa shape index (κ3) is 4.32. The molecule has 2 aromatic carbocycles. The summed E-state index contributed by atoms with van der Waals surface area (Å²) in [6, 6.07) is 8.69. The zero-order valence-electron chi connectivity index (χ0n) is 13.3. The standard InChI is InChI=1S/C17H18F3NO3/c1-23-13-5-4-12(14(8-13)17(18,19)20)10-21-9-11-3-6-16(24-2)15(22)7-11/h3-8,21-22H,9-10H2,1-2H3. The van der Waals surface area contributed by atoms with Gasteiger partial charge in [0.05, 0.1) is 19.8 Å². The van der Waals surface area contributed by atoms with Gasteiger partial charge in [0.15, 0.2) is 11.5 Å². The molecule has 0 aliphatic rings. The number of hydrogen-bond acceptors (Lipinski definition) is 4. The minimum atomic E-state index is -4.45. The second kappa shape index (κ2) is 7.44. The van der Waals surface area contributed by atoms with Crippen LogP contribution in [0.3, 0.4) is 0 Å². The number of ether oxygens (including phenoxy) is 2. The van der Waals surface area contributed by atoms with Gasteiger partial charge in [-0.25, -0.2) is 0 Å². The fourth-order valence-electron chi connectivity index (χ4n) is 2.29. The van der Waals surface area contributed by atoms with Crippen LogP contribution in [0.4, 0.5) is 13.2 Å². The average Bonchev–Trinajstić information content (AvgIpc) is 2.54. The Bertz CT molecular complexity index is 702. The Balaban J connectivity index is 2.08.